The Hall–Kier alpha value is -3.40. The minimum atomic E-state index is -0.751. The fraction of sp³-hybridized carbons (Fsp3) is 0.423. The van der Waals surface area contributed by atoms with E-state index in [1.165, 1.54) is 12.1 Å². The summed E-state index contributed by atoms with van der Waals surface area (Å²) in [5.41, 5.74) is 3.55. The number of hydrogen-bond donors (Lipinski definition) is 0. The number of benzene rings is 1. The lowest BCUT2D eigenvalue weighted by molar-refractivity contribution is 0.00386. The molecule has 0 spiro atoms. The Morgan fingerprint density at radius 2 is 1.81 bits per heavy atom. The molecule has 2 atom stereocenters. The Morgan fingerprint density at radius 3 is 2.58 bits per heavy atom. The number of halogens is 3. The fourth-order valence-corrected chi connectivity index (χ4v) is 4.90. The minimum absolute atomic E-state index is 0.0684. The highest BCUT2D eigenvalue weighted by molar-refractivity contribution is 5.87. The first-order chi connectivity index (χ1) is 17.4. The van der Waals surface area contributed by atoms with Crippen LogP contribution in [0, 0.1) is 25.5 Å². The van der Waals surface area contributed by atoms with Crippen molar-refractivity contribution in [3.8, 4) is 11.3 Å². The average molecular weight is 495 g/mol. The topological polar surface area (TPSA) is 78.6 Å². The number of aromatic nitrogens is 6. The summed E-state index contributed by atoms with van der Waals surface area (Å²) < 4.78 is 49.6. The van der Waals surface area contributed by atoms with Gasteiger partial charge in [0.1, 0.15) is 34.8 Å². The molecule has 3 aromatic heterocycles. The van der Waals surface area contributed by atoms with Gasteiger partial charge in [0, 0.05) is 48.8 Å². The molecular weight excluding hydrogens is 469 g/mol. The van der Waals surface area contributed by atoms with Gasteiger partial charge in [-0.1, -0.05) is 0 Å². The van der Waals surface area contributed by atoms with Crippen molar-refractivity contribution < 1.29 is 17.9 Å². The van der Waals surface area contributed by atoms with Crippen LogP contribution < -0.4 is 0 Å². The average Bonchev–Trinajstić information content (AvgIpc) is 3.32. The Morgan fingerprint density at radius 1 is 1.00 bits per heavy atom. The predicted molar refractivity (Wildman–Crippen MR) is 126 cm³/mol. The van der Waals surface area contributed by atoms with Crippen LogP contribution in [0.4, 0.5) is 13.2 Å². The molecule has 1 aliphatic heterocycles. The summed E-state index contributed by atoms with van der Waals surface area (Å²) in [7, 11) is 0. The highest BCUT2D eigenvalue weighted by Gasteiger charge is 2.33. The summed E-state index contributed by atoms with van der Waals surface area (Å²) >= 11 is 0. The molecule has 6 rings (SSSR count). The van der Waals surface area contributed by atoms with Gasteiger partial charge in [-0.15, -0.1) is 0 Å². The predicted octanol–water partition coefficient (Wildman–Crippen LogP) is 5.49. The lowest BCUT2D eigenvalue weighted by Crippen LogP contribution is -2.28. The van der Waals surface area contributed by atoms with Crippen molar-refractivity contribution in [3.63, 3.8) is 0 Å². The van der Waals surface area contributed by atoms with Crippen molar-refractivity contribution in [1.29, 1.82) is 0 Å². The van der Waals surface area contributed by atoms with Crippen LogP contribution in [0.25, 0.3) is 22.4 Å². The van der Waals surface area contributed by atoms with E-state index in [9.17, 15) is 13.2 Å². The minimum Gasteiger partial charge on any atom is -0.373 e. The zero-order chi connectivity index (χ0) is 25.0. The van der Waals surface area contributed by atoms with Crippen LogP contribution in [-0.2, 0) is 4.74 Å². The fourth-order valence-electron chi connectivity index (χ4n) is 4.90. The number of fused-ring (bicyclic) bond motifs is 1. The van der Waals surface area contributed by atoms with E-state index in [0.717, 1.165) is 17.3 Å². The maximum atomic E-state index is 14.8. The Labute approximate surface area is 205 Å². The molecule has 7 nitrogen and oxygen atoms in total. The highest BCUT2D eigenvalue weighted by atomic mass is 19.1. The number of ether oxygens (including phenoxy) is 1. The molecule has 1 aliphatic carbocycles. The third-order valence-electron chi connectivity index (χ3n) is 7.22. The third kappa shape index (κ3) is 4.13. The quantitative estimate of drug-likeness (QED) is 0.374. The van der Waals surface area contributed by atoms with Gasteiger partial charge in [-0.3, -0.25) is 4.68 Å². The second-order valence-electron chi connectivity index (χ2n) is 9.68. The van der Waals surface area contributed by atoms with E-state index in [1.807, 2.05) is 24.7 Å². The van der Waals surface area contributed by atoms with Crippen molar-refractivity contribution in [2.24, 2.45) is 0 Å². The van der Waals surface area contributed by atoms with Gasteiger partial charge < -0.3 is 4.74 Å². The molecule has 0 radical (unpaired) electrons. The molecular formula is C26H25F3N6O. The van der Waals surface area contributed by atoms with Gasteiger partial charge in [-0.25, -0.2) is 33.1 Å². The van der Waals surface area contributed by atoms with E-state index >= 15 is 0 Å². The van der Waals surface area contributed by atoms with E-state index in [4.69, 9.17) is 14.7 Å². The first-order valence-electron chi connectivity index (χ1n) is 12.1. The molecule has 2 aliphatic rings. The number of rotatable bonds is 4. The largest absolute Gasteiger partial charge is 0.373 e. The molecule has 0 amide bonds. The molecule has 0 bridgehead atoms. The summed E-state index contributed by atoms with van der Waals surface area (Å²) in [4.78, 5) is 18.7. The first-order valence-corrected chi connectivity index (χ1v) is 12.1. The van der Waals surface area contributed by atoms with Crippen LogP contribution in [0.5, 0.6) is 0 Å². The van der Waals surface area contributed by atoms with Gasteiger partial charge in [0.2, 0.25) is 0 Å². The van der Waals surface area contributed by atoms with Crippen LogP contribution >= 0.6 is 0 Å². The number of aryl methyl sites for hydroxylation is 2. The highest BCUT2D eigenvalue weighted by Crippen LogP contribution is 2.39. The Kier molecular flexibility index (Phi) is 5.70. The third-order valence-corrected chi connectivity index (χ3v) is 7.22. The smallest absolute Gasteiger partial charge is 0.182 e. The Balaban J connectivity index is 1.36. The normalized spacial score (nSPS) is 24.1. The van der Waals surface area contributed by atoms with Crippen LogP contribution in [-0.4, -0.2) is 42.5 Å². The molecule has 1 saturated carbocycles. The molecule has 0 unspecified atom stereocenters. The van der Waals surface area contributed by atoms with Crippen molar-refractivity contribution in [2.45, 2.75) is 63.8 Å². The summed E-state index contributed by atoms with van der Waals surface area (Å²) in [6.07, 6.45) is 5.02. The van der Waals surface area contributed by atoms with Crippen LogP contribution in [0.1, 0.15) is 66.5 Å². The second-order valence-corrected chi connectivity index (χ2v) is 9.68. The summed E-state index contributed by atoms with van der Waals surface area (Å²) in [6.45, 7) is 4.16. The van der Waals surface area contributed by atoms with E-state index in [0.29, 0.717) is 60.7 Å². The van der Waals surface area contributed by atoms with E-state index < -0.39 is 17.8 Å². The molecule has 186 valence electrons. The number of alkyl halides is 1. The summed E-state index contributed by atoms with van der Waals surface area (Å²) in [5.74, 6) is -0.922. The van der Waals surface area contributed by atoms with E-state index in [-0.39, 0.29) is 23.6 Å². The summed E-state index contributed by atoms with van der Waals surface area (Å²) in [6, 6.07) is 3.51. The molecule has 36 heavy (non-hydrogen) atoms. The van der Waals surface area contributed by atoms with Gasteiger partial charge in [-0.05, 0) is 38.8 Å². The number of hydrogen-bond acceptors (Lipinski definition) is 6. The van der Waals surface area contributed by atoms with Crippen LogP contribution in [0.15, 0.2) is 30.6 Å². The van der Waals surface area contributed by atoms with Crippen molar-refractivity contribution in [1.82, 2.24) is 29.7 Å². The molecule has 2 fully saturated rings. The van der Waals surface area contributed by atoms with Gasteiger partial charge in [0.25, 0.3) is 0 Å². The maximum absolute atomic E-state index is 14.8. The molecule has 1 saturated heterocycles. The molecule has 0 N–H and O–H groups in total. The zero-order valence-electron chi connectivity index (χ0n) is 20.0. The van der Waals surface area contributed by atoms with Crippen LogP contribution in [0.2, 0.25) is 0 Å². The lowest BCUT2D eigenvalue weighted by Gasteiger charge is -2.30. The van der Waals surface area contributed by atoms with Gasteiger partial charge in [0.05, 0.1) is 29.7 Å². The standard InChI is InChI=1S/C26H25F3N6O/c1-13-14(2)32-26-24(31-13)23(20-4-3-17(27)10-21(20)29)33-25(34-26)15-5-6-36-22(7-15)16-11-30-35(12-16)19-8-18(28)9-19/h3-4,10-12,15,18-19,22H,5-9H2,1-2H3/t15-,18?,19?,22-/m1/s1. The second kappa shape index (κ2) is 8.92. The summed E-state index contributed by atoms with van der Waals surface area (Å²) in [5, 5.41) is 4.42. The van der Waals surface area contributed by atoms with E-state index in [2.05, 4.69) is 15.1 Å². The molecule has 1 aromatic carbocycles. The molecule has 4 aromatic rings. The molecule has 10 heteroatoms. The van der Waals surface area contributed by atoms with Crippen molar-refractivity contribution in [2.75, 3.05) is 6.61 Å². The van der Waals surface area contributed by atoms with Gasteiger partial charge >= 0.3 is 0 Å². The first kappa shape index (κ1) is 23.0. The SMILES string of the molecule is Cc1nc2nc([C@@H]3CCO[C@@H](c4cnn(C5CC(F)C5)c4)C3)nc(-c3ccc(F)cc3F)c2nc1C. The van der Waals surface area contributed by atoms with E-state index in [1.54, 1.807) is 6.20 Å². The lowest BCUT2D eigenvalue weighted by atomic mass is 9.90. The maximum Gasteiger partial charge on any atom is 0.182 e. The zero-order valence-corrected chi connectivity index (χ0v) is 20.0. The monoisotopic (exact) mass is 494 g/mol. The van der Waals surface area contributed by atoms with Crippen LogP contribution in [0.3, 0.4) is 0 Å². The Bertz CT molecular complexity index is 1450. The van der Waals surface area contributed by atoms with Gasteiger partial charge in [0.15, 0.2) is 5.65 Å². The molecule has 4 heterocycles. The van der Waals surface area contributed by atoms with Crippen molar-refractivity contribution >= 4 is 11.2 Å². The number of nitrogens with zero attached hydrogens (tertiary/aromatic N) is 6. The van der Waals surface area contributed by atoms with Crippen molar-refractivity contribution in [3.05, 3.63) is 65.0 Å². The van der Waals surface area contributed by atoms with Gasteiger partial charge in [-0.2, -0.15) is 5.10 Å².